The fourth-order valence-corrected chi connectivity index (χ4v) is 1.69. The minimum absolute atomic E-state index is 0.0234. The highest BCUT2D eigenvalue weighted by molar-refractivity contribution is 5.78. The van der Waals surface area contributed by atoms with Crippen LogP contribution in [0.4, 0.5) is 0 Å². The maximum Gasteiger partial charge on any atom is 0.256 e. The lowest BCUT2D eigenvalue weighted by Crippen LogP contribution is -2.29. The molecular weight excluding hydrogens is 208 g/mol. The van der Waals surface area contributed by atoms with Crippen molar-refractivity contribution in [3.05, 3.63) is 18.3 Å². The number of amides is 1. The molecule has 16 heavy (non-hydrogen) atoms. The van der Waals surface area contributed by atoms with E-state index in [-0.39, 0.29) is 17.5 Å². The van der Waals surface area contributed by atoms with E-state index in [1.807, 2.05) is 0 Å². The van der Waals surface area contributed by atoms with Gasteiger partial charge in [-0.15, -0.1) is 0 Å². The van der Waals surface area contributed by atoms with E-state index in [0.29, 0.717) is 19.6 Å². The van der Waals surface area contributed by atoms with Gasteiger partial charge in [-0.1, -0.05) is 0 Å². The maximum atomic E-state index is 11.3. The summed E-state index contributed by atoms with van der Waals surface area (Å²) in [5.74, 6) is 0.415. The van der Waals surface area contributed by atoms with Crippen LogP contribution in [0.3, 0.4) is 0 Å². The van der Waals surface area contributed by atoms with Crippen LogP contribution in [0.1, 0.15) is 12.8 Å². The van der Waals surface area contributed by atoms with Gasteiger partial charge >= 0.3 is 0 Å². The van der Waals surface area contributed by atoms with Gasteiger partial charge in [-0.2, -0.15) is 0 Å². The van der Waals surface area contributed by atoms with E-state index in [0.717, 1.165) is 13.0 Å². The lowest BCUT2D eigenvalue weighted by molar-refractivity contribution is -0.128. The Hall–Kier alpha value is -1.78. The van der Waals surface area contributed by atoms with Gasteiger partial charge in [0, 0.05) is 19.2 Å². The van der Waals surface area contributed by atoms with Gasteiger partial charge in [0.15, 0.2) is 5.75 Å². The normalized spacial score (nSPS) is 15.5. The average Bonchev–Trinajstić information content (AvgIpc) is 2.67. The molecule has 0 saturated carbocycles. The van der Waals surface area contributed by atoms with Gasteiger partial charge in [-0.25, -0.2) is 4.98 Å². The van der Waals surface area contributed by atoms with Crippen LogP contribution in [-0.4, -0.2) is 40.6 Å². The second-order valence-corrected chi connectivity index (χ2v) is 3.66. The summed E-state index contributed by atoms with van der Waals surface area (Å²) in [5.41, 5.74) is 0. The van der Waals surface area contributed by atoms with Crippen molar-refractivity contribution in [3.63, 3.8) is 0 Å². The van der Waals surface area contributed by atoms with Gasteiger partial charge in [0.25, 0.3) is 5.88 Å². The number of nitrogens with zero attached hydrogens (tertiary/aromatic N) is 2. The third kappa shape index (κ3) is 2.42. The molecule has 5 heteroatoms. The molecule has 1 aliphatic heterocycles. The number of rotatable bonds is 4. The van der Waals surface area contributed by atoms with Gasteiger partial charge in [0.2, 0.25) is 5.91 Å². The van der Waals surface area contributed by atoms with Crippen LogP contribution < -0.4 is 4.74 Å². The van der Waals surface area contributed by atoms with E-state index in [4.69, 9.17) is 4.74 Å². The maximum absolute atomic E-state index is 11.3. The average molecular weight is 222 g/mol. The quantitative estimate of drug-likeness (QED) is 0.818. The Kier molecular flexibility index (Phi) is 3.24. The summed E-state index contributed by atoms with van der Waals surface area (Å²) in [6.07, 6.45) is 3.11. The zero-order valence-electron chi connectivity index (χ0n) is 8.93. The predicted molar refractivity (Wildman–Crippen MR) is 57.2 cm³/mol. The second kappa shape index (κ2) is 4.83. The molecule has 1 amide bonds. The summed E-state index contributed by atoms with van der Waals surface area (Å²) >= 11 is 0. The Labute approximate surface area is 93.7 Å². The molecule has 0 atom stereocenters. The fraction of sp³-hybridized carbons (Fsp3) is 0.455. The minimum Gasteiger partial charge on any atom is -0.503 e. The smallest absolute Gasteiger partial charge is 0.256 e. The number of likely N-dealkylation sites (tertiary alicyclic amines) is 1. The first kappa shape index (κ1) is 10.7. The first-order valence-electron chi connectivity index (χ1n) is 5.32. The van der Waals surface area contributed by atoms with Crippen LogP contribution in [0.5, 0.6) is 11.6 Å². The van der Waals surface area contributed by atoms with Crippen molar-refractivity contribution >= 4 is 5.91 Å². The van der Waals surface area contributed by atoms with Crippen molar-refractivity contribution in [1.82, 2.24) is 9.88 Å². The van der Waals surface area contributed by atoms with E-state index in [1.54, 1.807) is 17.2 Å². The standard InChI is InChI=1S/C11H14N2O3/c14-9-3-1-5-12-11(9)16-8-7-13-6-2-4-10(13)15/h1,3,5,14H,2,4,6-8H2. The molecule has 1 fully saturated rings. The SMILES string of the molecule is O=C1CCCN1CCOc1ncccc1O. The molecule has 1 aromatic rings. The third-order valence-electron chi connectivity index (χ3n) is 2.52. The molecule has 1 N–H and O–H groups in total. The van der Waals surface area contributed by atoms with E-state index >= 15 is 0 Å². The number of carbonyl (C=O) groups is 1. The van der Waals surface area contributed by atoms with Crippen molar-refractivity contribution in [2.45, 2.75) is 12.8 Å². The van der Waals surface area contributed by atoms with Crippen LogP contribution in [0, 0.1) is 0 Å². The number of aromatic hydroxyl groups is 1. The summed E-state index contributed by atoms with van der Waals surface area (Å²) in [6.45, 7) is 1.71. The Morgan fingerprint density at radius 3 is 3.12 bits per heavy atom. The van der Waals surface area contributed by atoms with Crippen molar-refractivity contribution < 1.29 is 14.6 Å². The van der Waals surface area contributed by atoms with E-state index in [2.05, 4.69) is 4.98 Å². The summed E-state index contributed by atoms with van der Waals surface area (Å²) in [7, 11) is 0. The lowest BCUT2D eigenvalue weighted by Gasteiger charge is -2.15. The van der Waals surface area contributed by atoms with Gasteiger partial charge in [-0.3, -0.25) is 4.79 Å². The van der Waals surface area contributed by atoms with Crippen molar-refractivity contribution in [2.75, 3.05) is 19.7 Å². The summed E-state index contributed by atoms with van der Waals surface area (Å²) in [5, 5.41) is 9.39. The first-order valence-corrected chi connectivity index (χ1v) is 5.32. The molecule has 0 bridgehead atoms. The molecule has 0 radical (unpaired) electrons. The Morgan fingerprint density at radius 1 is 1.56 bits per heavy atom. The van der Waals surface area contributed by atoms with Gasteiger partial charge in [-0.05, 0) is 18.6 Å². The molecule has 0 spiro atoms. The summed E-state index contributed by atoms with van der Waals surface area (Å²) in [4.78, 5) is 16.9. The van der Waals surface area contributed by atoms with Crippen molar-refractivity contribution in [3.8, 4) is 11.6 Å². The molecular formula is C11H14N2O3. The summed E-state index contributed by atoms with van der Waals surface area (Å²) < 4.78 is 5.29. The van der Waals surface area contributed by atoms with Crippen molar-refractivity contribution in [1.29, 1.82) is 0 Å². The highest BCUT2D eigenvalue weighted by Crippen LogP contribution is 2.20. The Morgan fingerprint density at radius 2 is 2.44 bits per heavy atom. The highest BCUT2D eigenvalue weighted by atomic mass is 16.5. The molecule has 0 aromatic carbocycles. The molecule has 1 saturated heterocycles. The molecule has 0 aliphatic carbocycles. The molecule has 5 nitrogen and oxygen atoms in total. The monoisotopic (exact) mass is 222 g/mol. The fourth-order valence-electron chi connectivity index (χ4n) is 1.69. The van der Waals surface area contributed by atoms with E-state index in [9.17, 15) is 9.90 Å². The van der Waals surface area contributed by atoms with Crippen molar-refractivity contribution in [2.24, 2.45) is 0 Å². The number of hydrogen-bond acceptors (Lipinski definition) is 4. The number of ether oxygens (including phenoxy) is 1. The van der Waals surface area contributed by atoms with Gasteiger partial charge in [0.05, 0.1) is 6.54 Å². The van der Waals surface area contributed by atoms with Gasteiger partial charge in [0.1, 0.15) is 6.61 Å². The number of hydrogen-bond donors (Lipinski definition) is 1. The highest BCUT2D eigenvalue weighted by Gasteiger charge is 2.19. The predicted octanol–water partition coefficient (Wildman–Crippen LogP) is 0.788. The van der Waals surface area contributed by atoms with Crippen LogP contribution in [0.2, 0.25) is 0 Å². The third-order valence-corrected chi connectivity index (χ3v) is 2.52. The largest absolute Gasteiger partial charge is 0.503 e. The van der Waals surface area contributed by atoms with Gasteiger partial charge < -0.3 is 14.7 Å². The first-order chi connectivity index (χ1) is 7.77. The molecule has 86 valence electrons. The molecule has 2 rings (SSSR count). The molecule has 1 aromatic heterocycles. The number of pyridine rings is 1. The van der Waals surface area contributed by atoms with Crippen LogP contribution in [-0.2, 0) is 4.79 Å². The Balaban J connectivity index is 1.80. The van der Waals surface area contributed by atoms with E-state index in [1.165, 1.54) is 6.07 Å². The van der Waals surface area contributed by atoms with Crippen LogP contribution in [0.15, 0.2) is 18.3 Å². The van der Waals surface area contributed by atoms with Crippen LogP contribution >= 0.6 is 0 Å². The van der Waals surface area contributed by atoms with Crippen LogP contribution in [0.25, 0.3) is 0 Å². The second-order valence-electron chi connectivity index (χ2n) is 3.66. The minimum atomic E-state index is 0.0234. The van der Waals surface area contributed by atoms with E-state index < -0.39 is 0 Å². The topological polar surface area (TPSA) is 62.7 Å². The zero-order valence-corrected chi connectivity index (χ0v) is 8.93. The lowest BCUT2D eigenvalue weighted by atomic mass is 10.4. The molecule has 2 heterocycles. The zero-order chi connectivity index (χ0) is 11.4. The number of aromatic nitrogens is 1. The Bertz CT molecular complexity index is 381. The molecule has 0 unspecified atom stereocenters. The summed E-state index contributed by atoms with van der Waals surface area (Å²) in [6, 6.07) is 3.15. The molecule has 1 aliphatic rings. The number of carbonyl (C=O) groups excluding carboxylic acids is 1.